The van der Waals surface area contributed by atoms with Gasteiger partial charge < -0.3 is 14.7 Å². The molecular formula is C27H35N5O6. The van der Waals surface area contributed by atoms with Gasteiger partial charge in [0.2, 0.25) is 0 Å². The fourth-order valence-electron chi connectivity index (χ4n) is 4.08. The molecule has 0 unspecified atom stereocenters. The number of ether oxygens (including phenoxy) is 1. The molecule has 2 aromatic rings. The van der Waals surface area contributed by atoms with E-state index in [2.05, 4.69) is 5.43 Å². The number of carboxylic acid groups (broad SMARTS) is 1. The van der Waals surface area contributed by atoms with Gasteiger partial charge in [0.1, 0.15) is 12.1 Å². The lowest BCUT2D eigenvalue weighted by Gasteiger charge is -2.31. The minimum absolute atomic E-state index is 0.163. The Labute approximate surface area is 222 Å². The van der Waals surface area contributed by atoms with Gasteiger partial charge in [-0.1, -0.05) is 24.3 Å². The molecule has 0 fully saturated rings. The van der Waals surface area contributed by atoms with Crippen molar-refractivity contribution in [2.24, 2.45) is 0 Å². The highest BCUT2D eigenvalue weighted by Crippen LogP contribution is 2.25. The number of hydrogen-bond acceptors (Lipinski definition) is 7. The standard InChI is InChI=1S/C27H35N5O6/c1-18-13-19(25(36)28-29(5)26(37)38-27(2,3)4)11-12-22(18)31(17-24(34)35)16-23(33)30(6)32-14-20-9-7-8-10-21(20)15-32/h7-13H,14-17H2,1-6H3,(H,28,36)(H,34,35). The normalized spacial score (nSPS) is 12.9. The molecule has 0 aromatic heterocycles. The number of likely N-dealkylation sites (N-methyl/N-ethyl adjacent to an activating group) is 1. The molecule has 0 atom stereocenters. The predicted molar refractivity (Wildman–Crippen MR) is 141 cm³/mol. The lowest BCUT2D eigenvalue weighted by Crippen LogP contribution is -2.47. The summed E-state index contributed by atoms with van der Waals surface area (Å²) >= 11 is 0. The van der Waals surface area contributed by atoms with Crippen LogP contribution in [0.25, 0.3) is 0 Å². The molecule has 1 aliphatic rings. The van der Waals surface area contributed by atoms with E-state index in [1.807, 2.05) is 29.3 Å². The third kappa shape index (κ3) is 7.22. The fourth-order valence-corrected chi connectivity index (χ4v) is 4.08. The number of fused-ring (bicyclic) bond motifs is 1. The van der Waals surface area contributed by atoms with Crippen molar-refractivity contribution in [2.75, 3.05) is 32.1 Å². The van der Waals surface area contributed by atoms with E-state index in [0.717, 1.165) is 16.1 Å². The van der Waals surface area contributed by atoms with Crippen molar-refractivity contribution >= 4 is 29.6 Å². The minimum atomic E-state index is -1.09. The Kier molecular flexibility index (Phi) is 8.62. The number of carboxylic acids is 1. The van der Waals surface area contributed by atoms with E-state index < -0.39 is 30.1 Å². The first kappa shape index (κ1) is 28.5. The summed E-state index contributed by atoms with van der Waals surface area (Å²) in [6.45, 7) is 7.52. The van der Waals surface area contributed by atoms with Gasteiger partial charge in [0.15, 0.2) is 0 Å². The lowest BCUT2D eigenvalue weighted by molar-refractivity contribution is -0.145. The third-order valence-electron chi connectivity index (χ3n) is 6.00. The van der Waals surface area contributed by atoms with Gasteiger partial charge in [0, 0.05) is 38.4 Å². The van der Waals surface area contributed by atoms with Crippen LogP contribution in [0, 0.1) is 6.92 Å². The summed E-state index contributed by atoms with van der Waals surface area (Å²) in [7, 11) is 3.05. The lowest BCUT2D eigenvalue weighted by atomic mass is 10.1. The first-order valence-electron chi connectivity index (χ1n) is 12.2. The van der Waals surface area contributed by atoms with Gasteiger partial charge in [-0.25, -0.2) is 14.8 Å². The molecule has 1 heterocycles. The van der Waals surface area contributed by atoms with Crippen LogP contribution in [-0.4, -0.2) is 76.8 Å². The highest BCUT2D eigenvalue weighted by Gasteiger charge is 2.27. The number of aryl methyl sites for hydroxylation is 1. The van der Waals surface area contributed by atoms with Gasteiger partial charge >= 0.3 is 12.1 Å². The summed E-state index contributed by atoms with van der Waals surface area (Å²) in [6.07, 6.45) is -0.712. The Balaban J connectivity index is 1.70. The number of anilines is 1. The molecule has 0 bridgehead atoms. The number of rotatable bonds is 7. The van der Waals surface area contributed by atoms with Crippen molar-refractivity contribution in [3.8, 4) is 0 Å². The van der Waals surface area contributed by atoms with E-state index in [1.54, 1.807) is 46.9 Å². The van der Waals surface area contributed by atoms with Crippen molar-refractivity contribution in [1.82, 2.24) is 20.5 Å². The summed E-state index contributed by atoms with van der Waals surface area (Å²) in [5, 5.41) is 13.9. The Bertz CT molecular complexity index is 1200. The number of aliphatic carboxylic acids is 1. The van der Waals surface area contributed by atoms with Crippen LogP contribution in [0.1, 0.15) is 47.8 Å². The molecule has 0 saturated heterocycles. The maximum absolute atomic E-state index is 13.2. The molecule has 204 valence electrons. The fraction of sp³-hybridized carbons (Fsp3) is 0.407. The van der Waals surface area contributed by atoms with E-state index in [0.29, 0.717) is 24.3 Å². The van der Waals surface area contributed by atoms with Crippen LogP contribution in [-0.2, 0) is 27.4 Å². The molecule has 2 aromatic carbocycles. The summed E-state index contributed by atoms with van der Waals surface area (Å²) in [5.74, 6) is -1.89. The van der Waals surface area contributed by atoms with Crippen LogP contribution >= 0.6 is 0 Å². The smallest absolute Gasteiger partial charge is 0.428 e. The van der Waals surface area contributed by atoms with E-state index in [-0.39, 0.29) is 18.0 Å². The Hall–Kier alpha value is -4.12. The predicted octanol–water partition coefficient (Wildman–Crippen LogP) is 2.79. The number of carbonyl (C=O) groups excluding carboxylic acids is 3. The quantitative estimate of drug-likeness (QED) is 0.529. The number of amides is 3. The second-order valence-corrected chi connectivity index (χ2v) is 10.2. The van der Waals surface area contributed by atoms with E-state index in [1.165, 1.54) is 23.0 Å². The zero-order chi connectivity index (χ0) is 28.2. The van der Waals surface area contributed by atoms with E-state index in [4.69, 9.17) is 4.74 Å². The molecular weight excluding hydrogens is 490 g/mol. The first-order chi connectivity index (χ1) is 17.7. The van der Waals surface area contributed by atoms with Crippen LogP contribution in [0.15, 0.2) is 42.5 Å². The Morgan fingerprint density at radius 2 is 1.61 bits per heavy atom. The van der Waals surface area contributed by atoms with Crippen molar-refractivity contribution in [3.05, 3.63) is 64.7 Å². The first-order valence-corrected chi connectivity index (χ1v) is 12.2. The molecule has 0 saturated carbocycles. The number of hydrazine groups is 2. The van der Waals surface area contributed by atoms with E-state index >= 15 is 0 Å². The SMILES string of the molecule is Cc1cc(C(=O)NN(C)C(=O)OC(C)(C)C)ccc1N(CC(=O)O)CC(=O)N(C)N1Cc2ccccc2C1. The second-order valence-electron chi connectivity index (χ2n) is 10.2. The van der Waals surface area contributed by atoms with Crippen LogP contribution < -0.4 is 10.3 Å². The van der Waals surface area contributed by atoms with Crippen LogP contribution in [0.2, 0.25) is 0 Å². The van der Waals surface area contributed by atoms with Gasteiger partial charge in [-0.2, -0.15) is 0 Å². The average Bonchev–Trinajstić information content (AvgIpc) is 3.26. The maximum Gasteiger partial charge on any atom is 0.428 e. The highest BCUT2D eigenvalue weighted by molar-refractivity contribution is 5.96. The Morgan fingerprint density at radius 3 is 2.13 bits per heavy atom. The van der Waals surface area contributed by atoms with Gasteiger partial charge in [0.25, 0.3) is 11.8 Å². The summed E-state index contributed by atoms with van der Waals surface area (Å²) in [5.41, 5.74) is 5.41. The summed E-state index contributed by atoms with van der Waals surface area (Å²) in [4.78, 5) is 51.1. The number of hydrogen-bond donors (Lipinski definition) is 2. The zero-order valence-corrected chi connectivity index (χ0v) is 22.6. The van der Waals surface area contributed by atoms with Crippen molar-refractivity contribution < 1.29 is 29.0 Å². The number of nitrogens with one attached hydrogen (secondary N) is 1. The molecule has 0 spiro atoms. The average molecular weight is 526 g/mol. The van der Waals surface area contributed by atoms with Crippen LogP contribution in [0.3, 0.4) is 0 Å². The van der Waals surface area contributed by atoms with Gasteiger partial charge in [0.05, 0.1) is 6.54 Å². The molecule has 11 heteroatoms. The Morgan fingerprint density at radius 1 is 1.00 bits per heavy atom. The number of nitrogens with zero attached hydrogens (tertiary/aromatic N) is 4. The third-order valence-corrected chi connectivity index (χ3v) is 6.00. The van der Waals surface area contributed by atoms with Gasteiger partial charge in [-0.3, -0.25) is 24.8 Å². The van der Waals surface area contributed by atoms with E-state index in [9.17, 15) is 24.3 Å². The molecule has 38 heavy (non-hydrogen) atoms. The molecule has 1 aliphatic heterocycles. The topological polar surface area (TPSA) is 123 Å². The summed E-state index contributed by atoms with van der Waals surface area (Å²) in [6, 6.07) is 12.7. The van der Waals surface area contributed by atoms with Crippen LogP contribution in [0.5, 0.6) is 0 Å². The number of benzene rings is 2. The van der Waals surface area contributed by atoms with Crippen molar-refractivity contribution in [3.63, 3.8) is 0 Å². The summed E-state index contributed by atoms with van der Waals surface area (Å²) < 4.78 is 5.23. The number of carbonyl (C=O) groups is 4. The van der Waals surface area contributed by atoms with Crippen molar-refractivity contribution in [1.29, 1.82) is 0 Å². The van der Waals surface area contributed by atoms with Gasteiger partial charge in [-0.15, -0.1) is 0 Å². The van der Waals surface area contributed by atoms with Crippen molar-refractivity contribution in [2.45, 2.75) is 46.4 Å². The maximum atomic E-state index is 13.2. The van der Waals surface area contributed by atoms with Crippen LogP contribution in [0.4, 0.5) is 10.5 Å². The molecule has 2 N–H and O–H groups in total. The molecule has 3 rings (SSSR count). The molecule has 11 nitrogen and oxygen atoms in total. The molecule has 0 radical (unpaired) electrons. The van der Waals surface area contributed by atoms with Gasteiger partial charge in [-0.05, 0) is 62.6 Å². The highest BCUT2D eigenvalue weighted by atomic mass is 16.6. The molecule has 3 amide bonds. The minimum Gasteiger partial charge on any atom is -0.480 e. The molecule has 0 aliphatic carbocycles. The zero-order valence-electron chi connectivity index (χ0n) is 22.6. The second kappa shape index (κ2) is 11.5. The monoisotopic (exact) mass is 525 g/mol. The largest absolute Gasteiger partial charge is 0.480 e.